The Balaban J connectivity index is 1.51. The van der Waals surface area contributed by atoms with E-state index in [1.807, 2.05) is 24.3 Å². The van der Waals surface area contributed by atoms with Crippen LogP contribution in [0.25, 0.3) is 10.4 Å². The molecule has 30 heavy (non-hydrogen) atoms. The second-order valence-corrected chi connectivity index (χ2v) is 7.93. The van der Waals surface area contributed by atoms with Gasteiger partial charge in [0.2, 0.25) is 0 Å². The lowest BCUT2D eigenvalue weighted by Crippen LogP contribution is -2.15. The van der Waals surface area contributed by atoms with Gasteiger partial charge in [0.25, 0.3) is 5.91 Å². The summed E-state index contributed by atoms with van der Waals surface area (Å²) in [5.41, 5.74) is 1.48. The molecule has 1 aliphatic heterocycles. The Morgan fingerprint density at radius 1 is 1.10 bits per heavy atom. The molecule has 8 heteroatoms. The van der Waals surface area contributed by atoms with Gasteiger partial charge in [-0.2, -0.15) is 0 Å². The van der Waals surface area contributed by atoms with Crippen LogP contribution >= 0.6 is 22.9 Å². The quantitative estimate of drug-likeness (QED) is 0.511. The highest BCUT2D eigenvalue weighted by molar-refractivity contribution is 7.17. The fourth-order valence-electron chi connectivity index (χ4n) is 2.98. The number of hydrogen-bond donors (Lipinski definition) is 1. The summed E-state index contributed by atoms with van der Waals surface area (Å²) in [6.07, 6.45) is 0. The van der Waals surface area contributed by atoms with Crippen molar-refractivity contribution in [1.82, 2.24) is 0 Å². The first-order valence-corrected chi connectivity index (χ1v) is 10.6. The molecule has 1 aromatic heterocycles. The molecule has 2 heterocycles. The Labute approximate surface area is 183 Å². The first-order valence-electron chi connectivity index (χ1n) is 9.37. The molecule has 0 atom stereocenters. The maximum Gasteiger partial charge on any atom is 0.265 e. The standard InChI is InChI=1S/C22H20ClNO5S/c1-26-9-10-29-21-15(23)3-2-4-16(21)24-22(25)20-8-7-19(30-20)14-5-6-17-18(13-14)28-12-11-27-17/h2-8,13H,9-12H2,1H3,(H,24,25). The summed E-state index contributed by atoms with van der Waals surface area (Å²) in [7, 11) is 1.59. The summed E-state index contributed by atoms with van der Waals surface area (Å²) in [6, 6.07) is 14.7. The Bertz CT molecular complexity index is 1050. The number of carbonyl (C=O) groups excluding carboxylic acids is 1. The van der Waals surface area contributed by atoms with Crippen molar-refractivity contribution in [1.29, 1.82) is 0 Å². The van der Waals surface area contributed by atoms with Gasteiger partial charge >= 0.3 is 0 Å². The van der Waals surface area contributed by atoms with Crippen LogP contribution in [0.3, 0.4) is 0 Å². The second kappa shape index (κ2) is 9.38. The van der Waals surface area contributed by atoms with E-state index in [4.69, 9.17) is 30.5 Å². The minimum absolute atomic E-state index is 0.234. The first-order chi connectivity index (χ1) is 14.7. The molecule has 0 bridgehead atoms. The van der Waals surface area contributed by atoms with Crippen molar-refractivity contribution in [3.63, 3.8) is 0 Å². The lowest BCUT2D eigenvalue weighted by molar-refractivity contribution is 0.102. The summed E-state index contributed by atoms with van der Waals surface area (Å²) in [5.74, 6) is 1.65. The van der Waals surface area contributed by atoms with Crippen molar-refractivity contribution in [3.05, 3.63) is 58.4 Å². The minimum Gasteiger partial charge on any atom is -0.487 e. The fraction of sp³-hybridized carbons (Fsp3) is 0.227. The summed E-state index contributed by atoms with van der Waals surface area (Å²) >= 11 is 7.64. The molecule has 2 aromatic carbocycles. The first kappa shape index (κ1) is 20.5. The molecule has 0 saturated carbocycles. The van der Waals surface area contributed by atoms with E-state index in [1.165, 1.54) is 11.3 Å². The predicted octanol–water partition coefficient (Wildman–Crippen LogP) is 5.12. The number of para-hydroxylation sites is 1. The minimum atomic E-state index is -0.234. The average molecular weight is 446 g/mol. The number of benzene rings is 2. The van der Waals surface area contributed by atoms with Gasteiger partial charge in [-0.3, -0.25) is 4.79 Å². The number of thiophene rings is 1. The third-order valence-electron chi connectivity index (χ3n) is 4.41. The smallest absolute Gasteiger partial charge is 0.265 e. The van der Waals surface area contributed by atoms with E-state index in [9.17, 15) is 4.79 Å². The van der Waals surface area contributed by atoms with Crippen LogP contribution in [0, 0.1) is 0 Å². The van der Waals surface area contributed by atoms with Crippen LogP contribution in [0.15, 0.2) is 48.5 Å². The molecule has 6 nitrogen and oxygen atoms in total. The molecule has 156 valence electrons. The van der Waals surface area contributed by atoms with E-state index in [0.717, 1.165) is 21.9 Å². The molecule has 0 aliphatic carbocycles. The van der Waals surface area contributed by atoms with Crippen LogP contribution in [0.5, 0.6) is 17.2 Å². The van der Waals surface area contributed by atoms with E-state index >= 15 is 0 Å². The van der Waals surface area contributed by atoms with Crippen molar-refractivity contribution in [3.8, 4) is 27.7 Å². The van der Waals surface area contributed by atoms with Gasteiger partial charge in [0.1, 0.15) is 19.8 Å². The number of amides is 1. The molecule has 1 N–H and O–H groups in total. The number of halogens is 1. The molecule has 0 radical (unpaired) electrons. The molecular weight excluding hydrogens is 426 g/mol. The zero-order chi connectivity index (χ0) is 20.9. The summed E-state index contributed by atoms with van der Waals surface area (Å²) in [4.78, 5) is 14.3. The van der Waals surface area contributed by atoms with Gasteiger partial charge in [-0.1, -0.05) is 17.7 Å². The van der Waals surface area contributed by atoms with Crippen LogP contribution in [0.2, 0.25) is 5.02 Å². The molecule has 3 aromatic rings. The molecule has 0 fully saturated rings. The number of rotatable bonds is 7. The zero-order valence-electron chi connectivity index (χ0n) is 16.3. The number of nitrogens with one attached hydrogen (secondary N) is 1. The van der Waals surface area contributed by atoms with Crippen LogP contribution in [0.4, 0.5) is 5.69 Å². The second-order valence-electron chi connectivity index (χ2n) is 6.43. The lowest BCUT2D eigenvalue weighted by Gasteiger charge is -2.18. The SMILES string of the molecule is COCCOc1c(Cl)cccc1NC(=O)c1ccc(-c2ccc3c(c2)OCCO3)s1. The van der Waals surface area contributed by atoms with Gasteiger partial charge in [0.05, 0.1) is 22.2 Å². The van der Waals surface area contributed by atoms with Gasteiger partial charge in [-0.25, -0.2) is 0 Å². The Kier molecular flexibility index (Phi) is 6.42. The van der Waals surface area contributed by atoms with Crippen LogP contribution in [0.1, 0.15) is 9.67 Å². The van der Waals surface area contributed by atoms with Gasteiger partial charge in [-0.15, -0.1) is 11.3 Å². The molecular formula is C22H20ClNO5S. The molecule has 0 saturated heterocycles. The number of hydrogen-bond acceptors (Lipinski definition) is 6. The highest BCUT2D eigenvalue weighted by atomic mass is 35.5. The van der Waals surface area contributed by atoms with E-state index in [-0.39, 0.29) is 5.91 Å². The van der Waals surface area contributed by atoms with E-state index < -0.39 is 0 Å². The Hall–Kier alpha value is -2.74. The van der Waals surface area contributed by atoms with E-state index in [0.29, 0.717) is 47.8 Å². The number of carbonyl (C=O) groups is 1. The van der Waals surface area contributed by atoms with Crippen molar-refractivity contribution in [2.75, 3.05) is 38.9 Å². The zero-order valence-corrected chi connectivity index (χ0v) is 17.8. The van der Waals surface area contributed by atoms with Gasteiger partial charge < -0.3 is 24.3 Å². The fourth-order valence-corrected chi connectivity index (χ4v) is 4.10. The van der Waals surface area contributed by atoms with Gasteiger partial charge in [0, 0.05) is 12.0 Å². The monoisotopic (exact) mass is 445 g/mol. The van der Waals surface area contributed by atoms with Crippen molar-refractivity contribution in [2.45, 2.75) is 0 Å². The van der Waals surface area contributed by atoms with Crippen molar-refractivity contribution >= 4 is 34.5 Å². The molecule has 4 rings (SSSR count). The van der Waals surface area contributed by atoms with Crippen LogP contribution < -0.4 is 19.5 Å². The van der Waals surface area contributed by atoms with E-state index in [1.54, 1.807) is 31.4 Å². The van der Waals surface area contributed by atoms with Gasteiger partial charge in [-0.05, 0) is 48.0 Å². The van der Waals surface area contributed by atoms with Crippen LogP contribution in [-0.2, 0) is 4.74 Å². The molecule has 0 spiro atoms. The number of anilines is 1. The lowest BCUT2D eigenvalue weighted by atomic mass is 10.1. The molecule has 1 aliphatic rings. The highest BCUT2D eigenvalue weighted by Crippen LogP contribution is 2.38. The summed E-state index contributed by atoms with van der Waals surface area (Å²) < 4.78 is 21.9. The average Bonchev–Trinajstić information content (AvgIpc) is 3.26. The van der Waals surface area contributed by atoms with Crippen molar-refractivity contribution < 1.29 is 23.7 Å². The topological polar surface area (TPSA) is 66.0 Å². The van der Waals surface area contributed by atoms with Crippen LogP contribution in [-0.4, -0.2) is 39.4 Å². The molecule has 1 amide bonds. The summed E-state index contributed by atoms with van der Waals surface area (Å²) in [5, 5.41) is 3.31. The highest BCUT2D eigenvalue weighted by Gasteiger charge is 2.17. The van der Waals surface area contributed by atoms with E-state index in [2.05, 4.69) is 5.32 Å². The Morgan fingerprint density at radius 3 is 2.77 bits per heavy atom. The third-order valence-corrected chi connectivity index (χ3v) is 5.84. The van der Waals surface area contributed by atoms with Crippen molar-refractivity contribution in [2.24, 2.45) is 0 Å². The Morgan fingerprint density at radius 2 is 1.93 bits per heavy atom. The number of methoxy groups -OCH3 is 1. The third kappa shape index (κ3) is 4.53. The number of ether oxygens (including phenoxy) is 4. The maximum absolute atomic E-state index is 12.8. The predicted molar refractivity (Wildman–Crippen MR) is 118 cm³/mol. The molecule has 0 unspecified atom stereocenters. The largest absolute Gasteiger partial charge is 0.487 e. The number of fused-ring (bicyclic) bond motifs is 1. The normalized spacial score (nSPS) is 12.5. The summed E-state index contributed by atoms with van der Waals surface area (Å²) in [6.45, 7) is 1.83. The maximum atomic E-state index is 12.8. The van der Waals surface area contributed by atoms with Gasteiger partial charge in [0.15, 0.2) is 17.2 Å².